The smallest absolute Gasteiger partial charge is 0.231 e. The highest BCUT2D eigenvalue weighted by atomic mass is 16.7. The van der Waals surface area contributed by atoms with E-state index >= 15 is 0 Å². The van der Waals surface area contributed by atoms with Crippen molar-refractivity contribution in [3.05, 3.63) is 17.2 Å². The zero-order valence-corrected chi connectivity index (χ0v) is 9.63. The number of nitrogens with one attached hydrogen (secondary N) is 1. The number of hydrogen-bond donors (Lipinski definition) is 1. The van der Waals surface area contributed by atoms with E-state index in [1.165, 1.54) is 16.0 Å². The lowest BCUT2D eigenvalue weighted by atomic mass is 9.98. The van der Waals surface area contributed by atoms with Gasteiger partial charge in [0.1, 0.15) is 6.54 Å². The van der Waals surface area contributed by atoms with E-state index in [4.69, 9.17) is 14.2 Å². The van der Waals surface area contributed by atoms with Crippen molar-refractivity contribution in [1.29, 1.82) is 0 Å². The first-order valence-electron chi connectivity index (χ1n) is 5.59. The predicted octanol–water partition coefficient (Wildman–Crippen LogP) is -0.00530. The van der Waals surface area contributed by atoms with E-state index in [9.17, 15) is 0 Å². The Labute approximate surface area is 94.7 Å². The Balaban J connectivity index is 2.16. The highest BCUT2D eigenvalue weighted by Crippen LogP contribution is 2.45. The van der Waals surface area contributed by atoms with Gasteiger partial charge in [0, 0.05) is 6.42 Å². The molecule has 2 heterocycles. The van der Waals surface area contributed by atoms with Crippen molar-refractivity contribution in [3.8, 4) is 17.2 Å². The van der Waals surface area contributed by atoms with Gasteiger partial charge in [-0.25, -0.2) is 0 Å². The minimum Gasteiger partial charge on any atom is -0.492 e. The molecule has 0 saturated heterocycles. The zero-order chi connectivity index (χ0) is 11.1. The van der Waals surface area contributed by atoms with Crippen molar-refractivity contribution in [2.75, 3.05) is 27.5 Å². The second-order valence-electron chi connectivity index (χ2n) is 4.42. The Bertz CT molecular complexity index is 431. The van der Waals surface area contributed by atoms with Crippen LogP contribution >= 0.6 is 0 Å². The van der Waals surface area contributed by atoms with Crippen LogP contribution in [0.15, 0.2) is 6.07 Å². The lowest BCUT2D eigenvalue weighted by Crippen LogP contribution is -3.08. The molecule has 0 fully saturated rings. The van der Waals surface area contributed by atoms with E-state index in [-0.39, 0.29) is 0 Å². The van der Waals surface area contributed by atoms with E-state index in [0.717, 1.165) is 36.8 Å². The third kappa shape index (κ3) is 1.33. The zero-order valence-electron chi connectivity index (χ0n) is 9.63. The quantitative estimate of drug-likeness (QED) is 0.725. The van der Waals surface area contributed by atoms with Crippen molar-refractivity contribution in [2.24, 2.45) is 0 Å². The molecule has 3 rings (SSSR count). The molecular formula is C12H16NO3+. The number of ether oxygens (including phenoxy) is 3. The molecule has 4 nitrogen and oxygen atoms in total. The molecule has 1 aromatic carbocycles. The van der Waals surface area contributed by atoms with E-state index in [1.54, 1.807) is 7.11 Å². The Morgan fingerprint density at radius 3 is 3.06 bits per heavy atom. The summed E-state index contributed by atoms with van der Waals surface area (Å²) in [6.07, 6.45) is 1.08. The lowest BCUT2D eigenvalue weighted by molar-refractivity contribution is -0.895. The van der Waals surface area contributed by atoms with Crippen LogP contribution in [-0.2, 0) is 13.0 Å². The molecule has 2 aliphatic heterocycles. The fourth-order valence-corrected chi connectivity index (χ4v) is 2.47. The average Bonchev–Trinajstić information content (AvgIpc) is 2.73. The molecule has 16 heavy (non-hydrogen) atoms. The predicted molar refractivity (Wildman–Crippen MR) is 58.3 cm³/mol. The van der Waals surface area contributed by atoms with Gasteiger partial charge in [0.15, 0.2) is 11.5 Å². The second-order valence-corrected chi connectivity index (χ2v) is 4.42. The summed E-state index contributed by atoms with van der Waals surface area (Å²) in [6.45, 7) is 2.46. The molecule has 0 spiro atoms. The van der Waals surface area contributed by atoms with Crippen molar-refractivity contribution in [3.63, 3.8) is 0 Å². The van der Waals surface area contributed by atoms with Gasteiger partial charge < -0.3 is 19.1 Å². The van der Waals surface area contributed by atoms with Crippen LogP contribution in [0.1, 0.15) is 11.1 Å². The van der Waals surface area contributed by atoms with Gasteiger partial charge in [-0.1, -0.05) is 0 Å². The van der Waals surface area contributed by atoms with Crippen LogP contribution in [0.3, 0.4) is 0 Å². The topological polar surface area (TPSA) is 32.1 Å². The molecule has 0 bridgehead atoms. The highest BCUT2D eigenvalue weighted by molar-refractivity contribution is 5.60. The van der Waals surface area contributed by atoms with Crippen molar-refractivity contribution in [1.82, 2.24) is 0 Å². The molecule has 1 unspecified atom stereocenters. The van der Waals surface area contributed by atoms with Crippen LogP contribution in [0.5, 0.6) is 17.2 Å². The normalized spacial score (nSPS) is 21.8. The molecule has 2 aliphatic rings. The second kappa shape index (κ2) is 3.56. The van der Waals surface area contributed by atoms with Gasteiger partial charge >= 0.3 is 0 Å². The van der Waals surface area contributed by atoms with Crippen molar-refractivity contribution >= 4 is 0 Å². The van der Waals surface area contributed by atoms with Crippen LogP contribution in [0.25, 0.3) is 0 Å². The number of methoxy groups -OCH3 is 1. The summed E-state index contributed by atoms with van der Waals surface area (Å²) in [6, 6.07) is 2.10. The number of hydrogen-bond acceptors (Lipinski definition) is 3. The fraction of sp³-hybridized carbons (Fsp3) is 0.500. The maximum absolute atomic E-state index is 5.49. The van der Waals surface area contributed by atoms with E-state index in [1.807, 2.05) is 0 Å². The highest BCUT2D eigenvalue weighted by Gasteiger charge is 2.29. The number of rotatable bonds is 1. The van der Waals surface area contributed by atoms with Crippen LogP contribution < -0.4 is 19.1 Å². The summed E-state index contributed by atoms with van der Waals surface area (Å²) in [7, 11) is 3.90. The number of benzene rings is 1. The molecule has 0 amide bonds. The van der Waals surface area contributed by atoms with Gasteiger partial charge in [-0.05, 0) is 11.6 Å². The third-order valence-electron chi connectivity index (χ3n) is 3.32. The molecular weight excluding hydrogens is 206 g/mol. The number of likely N-dealkylation sites (N-methyl/N-ethyl adjacent to an activating group) is 1. The van der Waals surface area contributed by atoms with Gasteiger partial charge in [0.05, 0.1) is 26.3 Å². The maximum Gasteiger partial charge on any atom is 0.231 e. The molecule has 0 saturated carbocycles. The maximum atomic E-state index is 5.49. The first kappa shape index (κ1) is 9.78. The van der Waals surface area contributed by atoms with E-state index < -0.39 is 0 Å². The Morgan fingerprint density at radius 1 is 1.38 bits per heavy atom. The third-order valence-corrected chi connectivity index (χ3v) is 3.32. The van der Waals surface area contributed by atoms with Crippen LogP contribution in [0.2, 0.25) is 0 Å². The summed E-state index contributed by atoms with van der Waals surface area (Å²) in [5, 5.41) is 0. The summed E-state index contributed by atoms with van der Waals surface area (Å²) in [5.74, 6) is 2.47. The largest absolute Gasteiger partial charge is 0.492 e. The first-order chi connectivity index (χ1) is 7.79. The Hall–Kier alpha value is -1.42. The molecule has 1 N–H and O–H groups in total. The van der Waals surface area contributed by atoms with Crippen molar-refractivity contribution in [2.45, 2.75) is 13.0 Å². The molecule has 0 radical (unpaired) electrons. The van der Waals surface area contributed by atoms with E-state index in [2.05, 4.69) is 13.1 Å². The summed E-state index contributed by atoms with van der Waals surface area (Å²) >= 11 is 0. The molecule has 1 atom stereocenters. The first-order valence-corrected chi connectivity index (χ1v) is 5.59. The lowest BCUT2D eigenvalue weighted by Gasteiger charge is -2.24. The standard InChI is InChI=1S/C12H15NO3/c1-13-4-3-8-5-10-12(16-7-15-10)11(14-2)9(8)6-13/h5H,3-4,6-7H2,1-2H3/p+1. The number of quaternary nitrogens is 1. The minimum absolute atomic E-state index is 0.303. The van der Waals surface area contributed by atoms with Crippen molar-refractivity contribution < 1.29 is 19.1 Å². The minimum atomic E-state index is 0.303. The molecule has 4 heteroatoms. The molecule has 1 aromatic rings. The Morgan fingerprint density at radius 2 is 2.25 bits per heavy atom. The average molecular weight is 222 g/mol. The van der Waals surface area contributed by atoms with Gasteiger partial charge in [0.2, 0.25) is 12.5 Å². The SMILES string of the molecule is COc1c2c(cc3c1OCO3)CC[NH+](C)C2. The van der Waals surface area contributed by atoms with Gasteiger partial charge in [-0.15, -0.1) is 0 Å². The van der Waals surface area contributed by atoms with E-state index in [0.29, 0.717) is 6.79 Å². The molecule has 0 aromatic heterocycles. The van der Waals surface area contributed by atoms with Gasteiger partial charge in [-0.3, -0.25) is 0 Å². The van der Waals surface area contributed by atoms with Crippen LogP contribution in [-0.4, -0.2) is 27.5 Å². The summed E-state index contributed by atoms with van der Waals surface area (Å²) in [5.41, 5.74) is 2.61. The van der Waals surface area contributed by atoms with Gasteiger partial charge in [0.25, 0.3) is 0 Å². The Kier molecular flexibility index (Phi) is 2.17. The summed E-state index contributed by atoms with van der Waals surface area (Å²) in [4.78, 5) is 1.50. The van der Waals surface area contributed by atoms with Crippen LogP contribution in [0, 0.1) is 0 Å². The fourth-order valence-electron chi connectivity index (χ4n) is 2.47. The number of fused-ring (bicyclic) bond motifs is 2. The monoisotopic (exact) mass is 222 g/mol. The van der Waals surface area contributed by atoms with Crippen LogP contribution in [0.4, 0.5) is 0 Å². The summed E-state index contributed by atoms with van der Waals surface area (Å²) < 4.78 is 16.4. The molecule has 0 aliphatic carbocycles. The molecule has 86 valence electrons. The van der Waals surface area contributed by atoms with Gasteiger partial charge in [-0.2, -0.15) is 0 Å².